The fraction of sp³-hybridized carbons (Fsp3) is 0.556. The summed E-state index contributed by atoms with van der Waals surface area (Å²) >= 11 is 0. The summed E-state index contributed by atoms with van der Waals surface area (Å²) in [6.45, 7) is 5.62. The summed E-state index contributed by atoms with van der Waals surface area (Å²) < 4.78 is 52.3. The molecule has 0 bridgehead atoms. The fourth-order valence-corrected chi connectivity index (χ4v) is 2.99. The summed E-state index contributed by atoms with van der Waals surface area (Å²) in [5, 5.41) is 5.87. The van der Waals surface area contributed by atoms with Gasteiger partial charge in [0.15, 0.2) is 5.96 Å². The first-order chi connectivity index (χ1) is 13.2. The number of hydrogen-bond acceptors (Lipinski definition) is 3. The normalized spacial score (nSPS) is 15.7. The zero-order valence-corrected chi connectivity index (χ0v) is 18.7. The molecule has 164 valence electrons. The van der Waals surface area contributed by atoms with Crippen molar-refractivity contribution in [1.82, 2.24) is 20.4 Å². The monoisotopic (exact) mass is 531 g/mol. The van der Waals surface area contributed by atoms with Crippen molar-refractivity contribution in [2.24, 2.45) is 4.99 Å². The van der Waals surface area contributed by atoms with Gasteiger partial charge in [-0.25, -0.2) is 4.39 Å². The van der Waals surface area contributed by atoms with E-state index in [4.69, 9.17) is 0 Å². The van der Waals surface area contributed by atoms with E-state index in [1.807, 2.05) is 0 Å². The molecule has 6 nitrogen and oxygen atoms in total. The standard InChI is InChI=1S/C18H25F4N5O.HI/c1-13(28)27-9-7-26(8-10-27)6-5-24-17(23-2)25-12-14-3-4-15(19)11-16(14)18(20,21)22;/h3-4,11H,5-10,12H2,1-2H3,(H2,23,24,25);1H. The van der Waals surface area contributed by atoms with Gasteiger partial charge in [0.25, 0.3) is 0 Å². The molecule has 1 aliphatic heterocycles. The summed E-state index contributed by atoms with van der Waals surface area (Å²) in [7, 11) is 1.52. The number of guanidine groups is 1. The molecular formula is C18H26F4IN5O. The van der Waals surface area contributed by atoms with Gasteiger partial charge in [-0.3, -0.25) is 14.7 Å². The van der Waals surface area contributed by atoms with E-state index in [-0.39, 0.29) is 42.0 Å². The minimum absolute atomic E-state index is 0. The van der Waals surface area contributed by atoms with Crippen molar-refractivity contribution in [1.29, 1.82) is 0 Å². The Hall–Kier alpha value is -1.63. The van der Waals surface area contributed by atoms with Crippen molar-refractivity contribution in [2.75, 3.05) is 46.3 Å². The molecule has 11 heteroatoms. The van der Waals surface area contributed by atoms with E-state index < -0.39 is 17.6 Å². The zero-order chi connectivity index (χ0) is 20.7. The Kier molecular flexibility index (Phi) is 10.1. The number of hydrogen-bond donors (Lipinski definition) is 2. The Labute approximate surface area is 184 Å². The highest BCUT2D eigenvalue weighted by atomic mass is 127. The molecule has 1 aromatic rings. The molecular weight excluding hydrogens is 505 g/mol. The van der Waals surface area contributed by atoms with Crippen molar-refractivity contribution < 1.29 is 22.4 Å². The third kappa shape index (κ3) is 7.96. The van der Waals surface area contributed by atoms with Crippen LogP contribution in [0.5, 0.6) is 0 Å². The average molecular weight is 531 g/mol. The van der Waals surface area contributed by atoms with E-state index in [1.54, 1.807) is 11.8 Å². The average Bonchev–Trinajstić information content (AvgIpc) is 2.65. The largest absolute Gasteiger partial charge is 0.416 e. The second-order valence-corrected chi connectivity index (χ2v) is 6.50. The molecule has 1 amide bonds. The van der Waals surface area contributed by atoms with E-state index in [1.165, 1.54) is 7.05 Å². The van der Waals surface area contributed by atoms with E-state index in [9.17, 15) is 22.4 Å². The Morgan fingerprint density at radius 1 is 1.17 bits per heavy atom. The minimum atomic E-state index is -4.63. The van der Waals surface area contributed by atoms with Crippen LogP contribution in [0.25, 0.3) is 0 Å². The van der Waals surface area contributed by atoms with Crippen LogP contribution in [0, 0.1) is 5.82 Å². The Bertz CT molecular complexity index is 706. The topological polar surface area (TPSA) is 60.0 Å². The van der Waals surface area contributed by atoms with Gasteiger partial charge in [0.1, 0.15) is 5.82 Å². The lowest BCUT2D eigenvalue weighted by Gasteiger charge is -2.34. The summed E-state index contributed by atoms with van der Waals surface area (Å²) in [5.74, 6) is -0.496. The first-order valence-corrected chi connectivity index (χ1v) is 8.98. The van der Waals surface area contributed by atoms with Crippen molar-refractivity contribution in [2.45, 2.75) is 19.6 Å². The van der Waals surface area contributed by atoms with Crippen molar-refractivity contribution in [3.05, 3.63) is 35.1 Å². The van der Waals surface area contributed by atoms with Crippen LogP contribution in [0.3, 0.4) is 0 Å². The third-order valence-corrected chi connectivity index (χ3v) is 4.59. The number of aliphatic imine (C=N–C) groups is 1. The Morgan fingerprint density at radius 3 is 2.38 bits per heavy atom. The predicted octanol–water partition coefficient (Wildman–Crippen LogP) is 2.29. The molecule has 1 fully saturated rings. The lowest BCUT2D eigenvalue weighted by atomic mass is 10.1. The van der Waals surface area contributed by atoms with Crippen LogP contribution in [0.2, 0.25) is 0 Å². The predicted molar refractivity (Wildman–Crippen MR) is 114 cm³/mol. The molecule has 0 aromatic heterocycles. The summed E-state index contributed by atoms with van der Waals surface area (Å²) in [4.78, 5) is 19.3. The molecule has 2 rings (SSSR count). The van der Waals surface area contributed by atoms with Crippen LogP contribution in [-0.4, -0.2) is 68.0 Å². The molecule has 0 spiro atoms. The van der Waals surface area contributed by atoms with Gasteiger partial charge < -0.3 is 15.5 Å². The van der Waals surface area contributed by atoms with Gasteiger partial charge in [0.05, 0.1) is 5.56 Å². The summed E-state index contributed by atoms with van der Waals surface area (Å²) in [6, 6.07) is 2.62. The number of nitrogens with zero attached hydrogens (tertiary/aromatic N) is 3. The SMILES string of the molecule is CN=C(NCCN1CCN(C(C)=O)CC1)NCc1ccc(F)cc1C(F)(F)F.I. The highest BCUT2D eigenvalue weighted by molar-refractivity contribution is 14.0. The number of carbonyl (C=O) groups is 1. The number of amides is 1. The number of alkyl halides is 3. The Morgan fingerprint density at radius 2 is 1.83 bits per heavy atom. The molecule has 0 aliphatic carbocycles. The van der Waals surface area contributed by atoms with Gasteiger partial charge in [0, 0.05) is 59.8 Å². The van der Waals surface area contributed by atoms with E-state index in [0.717, 1.165) is 31.8 Å². The second-order valence-electron chi connectivity index (χ2n) is 6.50. The number of benzene rings is 1. The molecule has 1 heterocycles. The number of halogens is 5. The highest BCUT2D eigenvalue weighted by Crippen LogP contribution is 2.32. The lowest BCUT2D eigenvalue weighted by molar-refractivity contribution is -0.138. The first kappa shape index (κ1) is 25.4. The summed E-state index contributed by atoms with van der Waals surface area (Å²) in [6.07, 6.45) is -4.63. The van der Waals surface area contributed by atoms with Gasteiger partial charge in [-0.1, -0.05) is 6.07 Å². The van der Waals surface area contributed by atoms with Gasteiger partial charge in [-0.15, -0.1) is 24.0 Å². The van der Waals surface area contributed by atoms with Crippen LogP contribution < -0.4 is 10.6 Å². The first-order valence-electron chi connectivity index (χ1n) is 8.98. The number of nitrogens with one attached hydrogen (secondary N) is 2. The van der Waals surface area contributed by atoms with E-state index in [0.29, 0.717) is 31.7 Å². The van der Waals surface area contributed by atoms with Gasteiger partial charge in [-0.2, -0.15) is 13.2 Å². The minimum Gasteiger partial charge on any atom is -0.355 e. The third-order valence-electron chi connectivity index (χ3n) is 4.59. The number of carbonyl (C=O) groups excluding carboxylic acids is 1. The maximum absolute atomic E-state index is 13.2. The smallest absolute Gasteiger partial charge is 0.355 e. The summed E-state index contributed by atoms with van der Waals surface area (Å²) in [5.41, 5.74) is -1.06. The molecule has 2 N–H and O–H groups in total. The molecule has 0 radical (unpaired) electrons. The maximum atomic E-state index is 13.2. The fourth-order valence-electron chi connectivity index (χ4n) is 2.99. The molecule has 29 heavy (non-hydrogen) atoms. The van der Waals surface area contributed by atoms with Gasteiger partial charge >= 0.3 is 6.18 Å². The van der Waals surface area contributed by atoms with Crippen molar-refractivity contribution in [3.8, 4) is 0 Å². The van der Waals surface area contributed by atoms with Crippen molar-refractivity contribution in [3.63, 3.8) is 0 Å². The molecule has 0 unspecified atom stereocenters. The van der Waals surface area contributed by atoms with Crippen LogP contribution in [0.4, 0.5) is 17.6 Å². The second kappa shape index (κ2) is 11.5. The molecule has 0 saturated carbocycles. The van der Waals surface area contributed by atoms with Gasteiger partial charge in [-0.05, 0) is 17.7 Å². The van der Waals surface area contributed by atoms with Crippen molar-refractivity contribution >= 4 is 35.8 Å². The van der Waals surface area contributed by atoms with Crippen LogP contribution >= 0.6 is 24.0 Å². The van der Waals surface area contributed by atoms with Gasteiger partial charge in [0.2, 0.25) is 5.91 Å². The van der Waals surface area contributed by atoms with Crippen LogP contribution in [0.1, 0.15) is 18.1 Å². The highest BCUT2D eigenvalue weighted by Gasteiger charge is 2.33. The van der Waals surface area contributed by atoms with E-state index >= 15 is 0 Å². The Balaban J connectivity index is 0.00000420. The van der Waals surface area contributed by atoms with Crippen LogP contribution in [0.15, 0.2) is 23.2 Å². The zero-order valence-electron chi connectivity index (χ0n) is 16.4. The maximum Gasteiger partial charge on any atom is 0.416 e. The molecule has 1 aromatic carbocycles. The van der Waals surface area contributed by atoms with E-state index in [2.05, 4.69) is 20.5 Å². The van der Waals surface area contributed by atoms with Crippen LogP contribution in [-0.2, 0) is 17.5 Å². The number of piperazine rings is 1. The quantitative estimate of drug-likeness (QED) is 0.265. The molecule has 0 atom stereocenters. The molecule has 1 aliphatic rings. The molecule has 1 saturated heterocycles. The number of rotatable bonds is 5. The lowest BCUT2D eigenvalue weighted by Crippen LogP contribution is -2.50.